The van der Waals surface area contributed by atoms with Crippen molar-refractivity contribution in [3.8, 4) is 16.3 Å². The van der Waals surface area contributed by atoms with Gasteiger partial charge < -0.3 is 10.1 Å². The number of hydrogen-bond donors (Lipinski definition) is 1. The van der Waals surface area contributed by atoms with Gasteiger partial charge in [0.2, 0.25) is 0 Å². The van der Waals surface area contributed by atoms with Gasteiger partial charge in [-0.25, -0.2) is 13.5 Å². The lowest BCUT2D eigenvalue weighted by atomic mass is 10.3. The molecule has 140 valence electrons. The largest absolute Gasteiger partial charge is 0.481 e. The van der Waals surface area contributed by atoms with Gasteiger partial charge in [0.1, 0.15) is 11.5 Å². The summed E-state index contributed by atoms with van der Waals surface area (Å²) >= 11 is 1.51. The molecule has 0 fully saturated rings. The third-order valence-corrected chi connectivity index (χ3v) is 4.43. The second-order valence-electron chi connectivity index (χ2n) is 5.47. The molecule has 0 bridgehead atoms. The fourth-order valence-electron chi connectivity index (χ4n) is 2.25. The Labute approximate surface area is 157 Å². The minimum absolute atomic E-state index is 0.148. The molecule has 0 aliphatic rings. The molecule has 0 aliphatic heterocycles. The monoisotopic (exact) mass is 391 g/mol. The van der Waals surface area contributed by atoms with Crippen molar-refractivity contribution in [2.45, 2.75) is 6.54 Å². The van der Waals surface area contributed by atoms with Gasteiger partial charge >= 0.3 is 0 Å². The lowest BCUT2D eigenvalue weighted by Gasteiger charge is -2.09. The van der Waals surface area contributed by atoms with Gasteiger partial charge in [-0.1, -0.05) is 6.07 Å². The highest BCUT2D eigenvalue weighted by molar-refractivity contribution is 7.13. The number of thiophene rings is 1. The lowest BCUT2D eigenvalue weighted by molar-refractivity contribution is -0.123. The van der Waals surface area contributed by atoms with Crippen LogP contribution in [-0.4, -0.2) is 28.8 Å². The summed E-state index contributed by atoms with van der Waals surface area (Å²) in [6.45, 7) is -0.107. The van der Waals surface area contributed by atoms with Gasteiger partial charge in [-0.05, 0) is 29.6 Å². The summed E-state index contributed by atoms with van der Waals surface area (Å²) in [5.74, 6) is -2.33. The number of rotatable bonds is 7. The molecule has 0 atom stereocenters. The van der Waals surface area contributed by atoms with Crippen LogP contribution in [0.1, 0.15) is 0 Å². The van der Waals surface area contributed by atoms with Crippen LogP contribution in [0, 0.1) is 11.6 Å². The van der Waals surface area contributed by atoms with E-state index in [-0.39, 0.29) is 24.4 Å². The van der Waals surface area contributed by atoms with Crippen LogP contribution in [0.4, 0.5) is 8.78 Å². The quantitative estimate of drug-likeness (QED) is 0.672. The number of ether oxygens (including phenoxy) is 1. The first-order valence-corrected chi connectivity index (χ1v) is 8.87. The van der Waals surface area contributed by atoms with Crippen molar-refractivity contribution in [2.75, 3.05) is 13.2 Å². The number of carbonyl (C=O) groups excluding carboxylic acids is 1. The topological polar surface area (TPSA) is 73.2 Å². The van der Waals surface area contributed by atoms with E-state index in [0.717, 1.165) is 17.0 Å². The van der Waals surface area contributed by atoms with Gasteiger partial charge in [0.25, 0.3) is 11.5 Å². The molecule has 0 spiro atoms. The Hall–Kier alpha value is -3.07. The predicted molar refractivity (Wildman–Crippen MR) is 96.7 cm³/mol. The van der Waals surface area contributed by atoms with E-state index in [0.29, 0.717) is 11.8 Å². The van der Waals surface area contributed by atoms with E-state index >= 15 is 0 Å². The molecule has 9 heteroatoms. The minimum Gasteiger partial charge on any atom is -0.481 e. The Balaban J connectivity index is 1.51. The van der Waals surface area contributed by atoms with Crippen LogP contribution in [0.5, 0.6) is 5.75 Å². The number of carbonyl (C=O) groups is 1. The van der Waals surface area contributed by atoms with Crippen LogP contribution >= 0.6 is 11.3 Å². The Kier molecular flexibility index (Phi) is 5.92. The molecule has 2 aromatic heterocycles. The highest BCUT2D eigenvalue weighted by atomic mass is 32.1. The smallest absolute Gasteiger partial charge is 0.266 e. The van der Waals surface area contributed by atoms with Crippen molar-refractivity contribution in [3.05, 3.63) is 69.8 Å². The second-order valence-corrected chi connectivity index (χ2v) is 6.42. The molecule has 0 unspecified atom stereocenters. The summed E-state index contributed by atoms with van der Waals surface area (Å²) in [5, 5.41) is 8.74. The first-order valence-electron chi connectivity index (χ1n) is 7.99. The van der Waals surface area contributed by atoms with E-state index in [4.69, 9.17) is 4.74 Å². The van der Waals surface area contributed by atoms with Gasteiger partial charge in [0.15, 0.2) is 18.2 Å². The number of benzene rings is 1. The summed E-state index contributed by atoms with van der Waals surface area (Å²) in [7, 11) is 0. The summed E-state index contributed by atoms with van der Waals surface area (Å²) in [5.41, 5.74) is 0.389. The maximum atomic E-state index is 13.4. The van der Waals surface area contributed by atoms with Crippen molar-refractivity contribution >= 4 is 17.2 Å². The van der Waals surface area contributed by atoms with Crippen LogP contribution in [0.25, 0.3) is 10.6 Å². The SMILES string of the molecule is O=C(COc1ccc(F)cc1F)NCCn1nc(-c2cccs2)ccc1=O. The van der Waals surface area contributed by atoms with Gasteiger partial charge in [0, 0.05) is 18.7 Å². The van der Waals surface area contributed by atoms with Crippen molar-refractivity contribution in [2.24, 2.45) is 0 Å². The van der Waals surface area contributed by atoms with Gasteiger partial charge in [-0.15, -0.1) is 11.3 Å². The third-order valence-electron chi connectivity index (χ3n) is 3.54. The normalized spacial score (nSPS) is 10.6. The fourth-order valence-corrected chi connectivity index (χ4v) is 2.94. The van der Waals surface area contributed by atoms with Crippen LogP contribution in [0.15, 0.2) is 52.6 Å². The van der Waals surface area contributed by atoms with E-state index < -0.39 is 24.1 Å². The van der Waals surface area contributed by atoms with Crippen molar-refractivity contribution in [1.29, 1.82) is 0 Å². The number of halogens is 2. The number of nitrogens with one attached hydrogen (secondary N) is 1. The second kappa shape index (κ2) is 8.54. The summed E-state index contributed by atoms with van der Waals surface area (Å²) in [4.78, 5) is 24.6. The maximum Gasteiger partial charge on any atom is 0.266 e. The molecule has 6 nitrogen and oxygen atoms in total. The van der Waals surface area contributed by atoms with Crippen LogP contribution in [-0.2, 0) is 11.3 Å². The van der Waals surface area contributed by atoms with Crippen molar-refractivity contribution < 1.29 is 18.3 Å². The first kappa shape index (κ1) is 18.7. The summed E-state index contributed by atoms with van der Waals surface area (Å²) in [6, 6.07) is 9.67. The molecule has 1 amide bonds. The predicted octanol–water partition coefficient (Wildman–Crippen LogP) is 2.45. The number of amides is 1. The van der Waals surface area contributed by atoms with E-state index in [1.807, 2.05) is 17.5 Å². The highest BCUT2D eigenvalue weighted by Crippen LogP contribution is 2.21. The molecule has 0 saturated carbocycles. The zero-order valence-electron chi connectivity index (χ0n) is 14.0. The molecule has 0 radical (unpaired) electrons. The Morgan fingerprint density at radius 3 is 2.81 bits per heavy atom. The van der Waals surface area contributed by atoms with Crippen molar-refractivity contribution in [3.63, 3.8) is 0 Å². The van der Waals surface area contributed by atoms with E-state index in [1.54, 1.807) is 6.07 Å². The average molecular weight is 391 g/mol. The van der Waals surface area contributed by atoms with E-state index in [2.05, 4.69) is 10.4 Å². The molecule has 2 heterocycles. The Bertz CT molecular complexity index is 990. The van der Waals surface area contributed by atoms with Crippen LogP contribution in [0.2, 0.25) is 0 Å². The Morgan fingerprint density at radius 2 is 2.07 bits per heavy atom. The fraction of sp³-hybridized carbons (Fsp3) is 0.167. The minimum atomic E-state index is -0.885. The summed E-state index contributed by atoms with van der Waals surface area (Å²) < 4.78 is 32.5. The number of hydrogen-bond acceptors (Lipinski definition) is 5. The lowest BCUT2D eigenvalue weighted by Crippen LogP contribution is -2.34. The third kappa shape index (κ3) is 4.98. The maximum absolute atomic E-state index is 13.4. The highest BCUT2D eigenvalue weighted by Gasteiger charge is 2.09. The standard InChI is InChI=1S/C18H15F2N3O3S/c19-12-3-5-15(13(20)10-12)26-11-17(24)21-7-8-23-18(25)6-4-14(22-23)16-2-1-9-27-16/h1-6,9-10H,7-8,11H2,(H,21,24). The first-order chi connectivity index (χ1) is 13.0. The van der Waals surface area contributed by atoms with E-state index in [9.17, 15) is 18.4 Å². The van der Waals surface area contributed by atoms with Crippen LogP contribution in [0.3, 0.4) is 0 Å². The van der Waals surface area contributed by atoms with Gasteiger partial charge in [-0.2, -0.15) is 5.10 Å². The number of nitrogens with zero attached hydrogens (tertiary/aromatic N) is 2. The zero-order chi connectivity index (χ0) is 19.2. The molecule has 27 heavy (non-hydrogen) atoms. The number of aromatic nitrogens is 2. The Morgan fingerprint density at radius 1 is 1.22 bits per heavy atom. The zero-order valence-corrected chi connectivity index (χ0v) is 14.8. The van der Waals surface area contributed by atoms with Gasteiger partial charge in [0.05, 0.1) is 11.4 Å². The molecule has 0 aliphatic carbocycles. The molecular weight excluding hydrogens is 376 g/mol. The van der Waals surface area contributed by atoms with Gasteiger partial charge in [-0.3, -0.25) is 9.59 Å². The van der Waals surface area contributed by atoms with Crippen LogP contribution < -0.4 is 15.6 Å². The molecule has 0 saturated heterocycles. The van der Waals surface area contributed by atoms with Crippen molar-refractivity contribution in [1.82, 2.24) is 15.1 Å². The summed E-state index contributed by atoms with van der Waals surface area (Å²) in [6.07, 6.45) is 0. The molecule has 3 rings (SSSR count). The molecule has 3 aromatic rings. The molecule has 1 N–H and O–H groups in total. The molecular formula is C18H15F2N3O3S. The average Bonchev–Trinajstić information content (AvgIpc) is 3.17. The molecule has 1 aromatic carbocycles. The van der Waals surface area contributed by atoms with E-state index in [1.165, 1.54) is 22.1 Å².